The lowest BCUT2D eigenvalue weighted by atomic mass is 10.2. The molecule has 0 aliphatic carbocycles. The first-order valence-corrected chi connectivity index (χ1v) is 6.41. The van der Waals surface area contributed by atoms with E-state index in [1.807, 2.05) is 38.1 Å². The zero-order valence-corrected chi connectivity index (χ0v) is 11.2. The van der Waals surface area contributed by atoms with Crippen LogP contribution in [0.5, 0.6) is 5.75 Å². The van der Waals surface area contributed by atoms with Gasteiger partial charge in [0.05, 0.1) is 12.3 Å². The predicted molar refractivity (Wildman–Crippen MR) is 76.1 cm³/mol. The van der Waals surface area contributed by atoms with Gasteiger partial charge in [-0.25, -0.2) is 4.39 Å². The molecule has 2 rings (SSSR count). The molecule has 2 aromatic rings. The minimum atomic E-state index is -0.194. The average Bonchev–Trinajstić information content (AvgIpc) is 2.40. The number of aryl methyl sites for hydroxylation is 1. The number of ether oxygens (including phenoxy) is 1. The van der Waals surface area contributed by atoms with E-state index in [4.69, 9.17) is 4.74 Å². The number of anilines is 1. The van der Waals surface area contributed by atoms with Crippen LogP contribution < -0.4 is 10.1 Å². The third kappa shape index (κ3) is 3.47. The number of hydrogen-bond donors (Lipinski definition) is 1. The molecule has 2 aromatic carbocycles. The Kier molecular flexibility index (Phi) is 4.39. The van der Waals surface area contributed by atoms with Crippen LogP contribution in [0.1, 0.15) is 18.1 Å². The maximum absolute atomic E-state index is 13.5. The first-order chi connectivity index (χ1) is 9.20. The number of hydrogen-bond acceptors (Lipinski definition) is 2. The number of rotatable bonds is 5. The van der Waals surface area contributed by atoms with Crippen LogP contribution in [-0.4, -0.2) is 6.61 Å². The molecule has 0 atom stereocenters. The van der Waals surface area contributed by atoms with E-state index in [1.54, 1.807) is 12.1 Å². The zero-order chi connectivity index (χ0) is 13.7. The lowest BCUT2D eigenvalue weighted by Gasteiger charge is -2.13. The molecule has 0 unspecified atom stereocenters. The van der Waals surface area contributed by atoms with Gasteiger partial charge in [-0.1, -0.05) is 24.3 Å². The first kappa shape index (κ1) is 13.4. The molecule has 0 bridgehead atoms. The lowest BCUT2D eigenvalue weighted by Crippen LogP contribution is -2.04. The Balaban J connectivity index is 2.13. The Labute approximate surface area is 113 Å². The van der Waals surface area contributed by atoms with E-state index >= 15 is 0 Å². The van der Waals surface area contributed by atoms with Gasteiger partial charge >= 0.3 is 0 Å². The summed E-state index contributed by atoms with van der Waals surface area (Å²) in [5.74, 6) is 0.610. The molecule has 19 heavy (non-hydrogen) atoms. The lowest BCUT2D eigenvalue weighted by molar-refractivity contribution is 0.341. The van der Waals surface area contributed by atoms with Gasteiger partial charge in [-0.3, -0.25) is 0 Å². The smallest absolute Gasteiger partial charge is 0.142 e. The van der Waals surface area contributed by atoms with E-state index in [-0.39, 0.29) is 5.82 Å². The first-order valence-electron chi connectivity index (χ1n) is 6.41. The molecule has 0 heterocycles. The van der Waals surface area contributed by atoms with Crippen LogP contribution in [0, 0.1) is 12.7 Å². The standard InChI is InChI=1S/C16H18FNO/c1-3-19-16-10-12(2)8-9-15(16)18-11-13-6-4-5-7-14(13)17/h4-10,18H,3,11H2,1-2H3. The third-order valence-electron chi connectivity index (χ3n) is 2.86. The van der Waals surface area contributed by atoms with Crippen molar-refractivity contribution in [2.24, 2.45) is 0 Å². The summed E-state index contributed by atoms with van der Waals surface area (Å²) in [6.07, 6.45) is 0. The molecule has 0 aliphatic heterocycles. The summed E-state index contributed by atoms with van der Waals surface area (Å²) >= 11 is 0. The molecule has 0 radical (unpaired) electrons. The highest BCUT2D eigenvalue weighted by molar-refractivity contribution is 5.57. The van der Waals surface area contributed by atoms with Crippen molar-refractivity contribution in [1.29, 1.82) is 0 Å². The minimum Gasteiger partial charge on any atom is -0.492 e. The van der Waals surface area contributed by atoms with Crippen molar-refractivity contribution in [3.8, 4) is 5.75 Å². The van der Waals surface area contributed by atoms with E-state index in [0.717, 1.165) is 17.0 Å². The molecule has 100 valence electrons. The topological polar surface area (TPSA) is 21.3 Å². The highest BCUT2D eigenvalue weighted by Crippen LogP contribution is 2.26. The molecule has 3 heteroatoms. The SMILES string of the molecule is CCOc1cc(C)ccc1NCc1ccccc1F. The van der Waals surface area contributed by atoms with E-state index in [0.29, 0.717) is 18.7 Å². The highest BCUT2D eigenvalue weighted by Gasteiger charge is 2.05. The van der Waals surface area contributed by atoms with E-state index in [1.165, 1.54) is 6.07 Å². The van der Waals surface area contributed by atoms with Crippen LogP contribution in [0.2, 0.25) is 0 Å². The van der Waals surface area contributed by atoms with Crippen molar-refractivity contribution < 1.29 is 9.13 Å². The second kappa shape index (κ2) is 6.23. The van der Waals surface area contributed by atoms with Gasteiger partial charge in [0.25, 0.3) is 0 Å². The van der Waals surface area contributed by atoms with Gasteiger partial charge < -0.3 is 10.1 Å². The summed E-state index contributed by atoms with van der Waals surface area (Å²) in [5.41, 5.74) is 2.67. The Morgan fingerprint density at radius 1 is 1.16 bits per heavy atom. The van der Waals surface area contributed by atoms with E-state index in [9.17, 15) is 4.39 Å². The van der Waals surface area contributed by atoms with Crippen molar-refractivity contribution in [3.63, 3.8) is 0 Å². The summed E-state index contributed by atoms with van der Waals surface area (Å²) in [7, 11) is 0. The quantitative estimate of drug-likeness (QED) is 0.871. The number of benzene rings is 2. The van der Waals surface area contributed by atoms with Crippen LogP contribution in [0.15, 0.2) is 42.5 Å². The van der Waals surface area contributed by atoms with E-state index < -0.39 is 0 Å². The number of nitrogens with one attached hydrogen (secondary N) is 1. The fraction of sp³-hybridized carbons (Fsp3) is 0.250. The van der Waals surface area contributed by atoms with Crippen LogP contribution in [0.25, 0.3) is 0 Å². The van der Waals surface area contributed by atoms with Gasteiger partial charge in [0.2, 0.25) is 0 Å². The molecule has 2 nitrogen and oxygen atoms in total. The molecular weight excluding hydrogens is 241 g/mol. The second-order valence-electron chi connectivity index (χ2n) is 4.38. The summed E-state index contributed by atoms with van der Waals surface area (Å²) in [4.78, 5) is 0. The largest absolute Gasteiger partial charge is 0.492 e. The fourth-order valence-electron chi connectivity index (χ4n) is 1.88. The fourth-order valence-corrected chi connectivity index (χ4v) is 1.88. The molecule has 0 amide bonds. The third-order valence-corrected chi connectivity index (χ3v) is 2.86. The molecular formula is C16H18FNO. The van der Waals surface area contributed by atoms with Crippen molar-refractivity contribution in [2.45, 2.75) is 20.4 Å². The van der Waals surface area contributed by atoms with Gasteiger partial charge in [0.1, 0.15) is 11.6 Å². The monoisotopic (exact) mass is 259 g/mol. The summed E-state index contributed by atoms with van der Waals surface area (Å²) in [5, 5.41) is 3.22. The average molecular weight is 259 g/mol. The Morgan fingerprint density at radius 2 is 1.95 bits per heavy atom. The van der Waals surface area contributed by atoms with Crippen molar-refractivity contribution in [3.05, 3.63) is 59.4 Å². The van der Waals surface area contributed by atoms with Gasteiger partial charge in [-0.2, -0.15) is 0 Å². The van der Waals surface area contributed by atoms with E-state index in [2.05, 4.69) is 5.32 Å². The normalized spacial score (nSPS) is 10.3. The van der Waals surface area contributed by atoms with Crippen molar-refractivity contribution >= 4 is 5.69 Å². The van der Waals surface area contributed by atoms with Gasteiger partial charge in [0.15, 0.2) is 0 Å². The summed E-state index contributed by atoms with van der Waals surface area (Å²) in [6.45, 7) is 5.01. The highest BCUT2D eigenvalue weighted by atomic mass is 19.1. The van der Waals surface area contributed by atoms with Crippen molar-refractivity contribution in [2.75, 3.05) is 11.9 Å². The second-order valence-corrected chi connectivity index (χ2v) is 4.38. The van der Waals surface area contributed by atoms with Gasteiger partial charge in [-0.15, -0.1) is 0 Å². The maximum Gasteiger partial charge on any atom is 0.142 e. The van der Waals surface area contributed by atoms with Crippen LogP contribution in [0.3, 0.4) is 0 Å². The molecule has 1 N–H and O–H groups in total. The zero-order valence-electron chi connectivity index (χ0n) is 11.2. The molecule has 0 saturated carbocycles. The summed E-state index contributed by atoms with van der Waals surface area (Å²) in [6, 6.07) is 12.7. The molecule has 0 saturated heterocycles. The summed E-state index contributed by atoms with van der Waals surface area (Å²) < 4.78 is 19.1. The van der Waals surface area contributed by atoms with Gasteiger partial charge in [-0.05, 0) is 37.6 Å². The predicted octanol–water partition coefficient (Wildman–Crippen LogP) is 4.14. The molecule has 0 fully saturated rings. The Morgan fingerprint density at radius 3 is 2.68 bits per heavy atom. The Bertz CT molecular complexity index is 554. The molecule has 0 aromatic heterocycles. The van der Waals surface area contributed by atoms with Gasteiger partial charge in [0, 0.05) is 12.1 Å². The van der Waals surface area contributed by atoms with Crippen LogP contribution >= 0.6 is 0 Å². The van der Waals surface area contributed by atoms with Crippen molar-refractivity contribution in [1.82, 2.24) is 0 Å². The number of halogens is 1. The maximum atomic E-state index is 13.5. The van der Waals surface area contributed by atoms with Crippen LogP contribution in [-0.2, 0) is 6.54 Å². The minimum absolute atomic E-state index is 0.194. The van der Waals surface area contributed by atoms with Crippen LogP contribution in [0.4, 0.5) is 10.1 Å². The molecule has 0 aliphatic rings. The molecule has 0 spiro atoms. The Hall–Kier alpha value is -2.03.